The molecule has 0 atom stereocenters. The number of hydrogen-bond donors (Lipinski definition) is 1. The molecule has 4 heteroatoms. The van der Waals surface area contributed by atoms with Crippen LogP contribution in [-0.4, -0.2) is 16.9 Å². The molecule has 0 aliphatic heterocycles. The Kier molecular flexibility index (Phi) is 3.63. The molecule has 0 saturated heterocycles. The maximum Gasteiger partial charge on any atom is 0.118 e. The number of benzene rings is 1. The number of nitrogens with two attached hydrogens (primary N) is 1. The smallest absolute Gasteiger partial charge is 0.118 e. The highest BCUT2D eigenvalue weighted by atomic mass is 16.5. The number of rotatable bonds is 3. The second kappa shape index (κ2) is 5.57. The van der Waals surface area contributed by atoms with E-state index in [1.807, 2.05) is 30.5 Å². The van der Waals surface area contributed by atoms with Gasteiger partial charge in [-0.1, -0.05) is 19.3 Å². The first-order valence-corrected chi connectivity index (χ1v) is 7.27. The minimum absolute atomic E-state index is 0.512. The van der Waals surface area contributed by atoms with Crippen molar-refractivity contribution >= 4 is 5.69 Å². The highest BCUT2D eigenvalue weighted by Gasteiger charge is 2.18. The zero-order valence-corrected chi connectivity index (χ0v) is 11.9. The number of methoxy groups -OCH3 is 1. The Morgan fingerprint density at radius 2 is 1.85 bits per heavy atom. The summed E-state index contributed by atoms with van der Waals surface area (Å²) in [6.45, 7) is 0. The minimum Gasteiger partial charge on any atom is -0.497 e. The zero-order valence-electron chi connectivity index (χ0n) is 11.9. The van der Waals surface area contributed by atoms with Gasteiger partial charge in [0.2, 0.25) is 0 Å². The van der Waals surface area contributed by atoms with Crippen molar-refractivity contribution in [2.75, 3.05) is 12.8 Å². The molecule has 1 saturated carbocycles. The maximum absolute atomic E-state index is 6.14. The largest absolute Gasteiger partial charge is 0.497 e. The summed E-state index contributed by atoms with van der Waals surface area (Å²) < 4.78 is 7.24. The van der Waals surface area contributed by atoms with E-state index < -0.39 is 0 Å². The maximum atomic E-state index is 6.14. The van der Waals surface area contributed by atoms with E-state index in [0.717, 1.165) is 22.7 Å². The predicted octanol–water partition coefficient (Wildman–Crippen LogP) is 3.65. The van der Waals surface area contributed by atoms with Crippen molar-refractivity contribution in [2.45, 2.75) is 38.1 Å². The summed E-state index contributed by atoms with van der Waals surface area (Å²) in [5.74, 6) is 0.846. The molecule has 0 radical (unpaired) electrons. The molecule has 0 amide bonds. The lowest BCUT2D eigenvalue weighted by molar-refractivity contribution is 0.330. The Labute approximate surface area is 119 Å². The van der Waals surface area contributed by atoms with Crippen LogP contribution in [0.25, 0.3) is 11.3 Å². The molecule has 0 unspecified atom stereocenters. The van der Waals surface area contributed by atoms with Crippen LogP contribution in [0.3, 0.4) is 0 Å². The number of aromatic nitrogens is 2. The van der Waals surface area contributed by atoms with E-state index in [0.29, 0.717) is 6.04 Å². The van der Waals surface area contributed by atoms with Crippen LogP contribution in [0, 0.1) is 0 Å². The van der Waals surface area contributed by atoms with Crippen LogP contribution >= 0.6 is 0 Å². The van der Waals surface area contributed by atoms with Gasteiger partial charge in [0.25, 0.3) is 0 Å². The van der Waals surface area contributed by atoms with Gasteiger partial charge in [-0.15, -0.1) is 0 Å². The molecule has 1 aliphatic carbocycles. The topological polar surface area (TPSA) is 53.1 Å². The van der Waals surface area contributed by atoms with E-state index in [-0.39, 0.29) is 0 Å². The first kappa shape index (κ1) is 13.0. The highest BCUT2D eigenvalue weighted by molar-refractivity contribution is 5.72. The first-order chi connectivity index (χ1) is 9.78. The number of hydrogen-bond acceptors (Lipinski definition) is 3. The van der Waals surface area contributed by atoms with Crippen molar-refractivity contribution in [3.05, 3.63) is 30.5 Å². The molecule has 0 spiro atoms. The Morgan fingerprint density at radius 1 is 1.15 bits per heavy atom. The van der Waals surface area contributed by atoms with E-state index in [4.69, 9.17) is 15.6 Å². The molecule has 3 rings (SSSR count). The first-order valence-electron chi connectivity index (χ1n) is 7.27. The SMILES string of the molecule is COc1ccc(-c2nn(C3CCCCC3)cc2N)cc1. The normalized spacial score (nSPS) is 16.2. The molecule has 1 aromatic carbocycles. The molecule has 2 aromatic rings. The second-order valence-corrected chi connectivity index (χ2v) is 5.43. The molecule has 20 heavy (non-hydrogen) atoms. The van der Waals surface area contributed by atoms with Crippen LogP contribution in [0.2, 0.25) is 0 Å². The van der Waals surface area contributed by atoms with Crippen molar-refractivity contribution in [1.29, 1.82) is 0 Å². The third-order valence-electron chi connectivity index (χ3n) is 4.07. The quantitative estimate of drug-likeness (QED) is 0.927. The molecule has 1 aliphatic rings. The fraction of sp³-hybridized carbons (Fsp3) is 0.438. The number of anilines is 1. The van der Waals surface area contributed by atoms with Crippen molar-refractivity contribution in [2.24, 2.45) is 0 Å². The second-order valence-electron chi connectivity index (χ2n) is 5.43. The number of nitrogen functional groups attached to an aromatic ring is 1. The van der Waals surface area contributed by atoms with Gasteiger partial charge >= 0.3 is 0 Å². The van der Waals surface area contributed by atoms with Crippen LogP contribution in [0.5, 0.6) is 5.75 Å². The summed E-state index contributed by atoms with van der Waals surface area (Å²) in [6, 6.07) is 8.40. The van der Waals surface area contributed by atoms with Crippen LogP contribution in [0.1, 0.15) is 38.1 Å². The summed E-state index contributed by atoms with van der Waals surface area (Å²) >= 11 is 0. The average molecular weight is 271 g/mol. The summed E-state index contributed by atoms with van der Waals surface area (Å²) in [5, 5.41) is 4.71. The third-order valence-corrected chi connectivity index (χ3v) is 4.07. The fourth-order valence-electron chi connectivity index (χ4n) is 2.91. The van der Waals surface area contributed by atoms with Gasteiger partial charge in [0.15, 0.2) is 0 Å². The lowest BCUT2D eigenvalue weighted by Crippen LogP contribution is -2.13. The Morgan fingerprint density at radius 3 is 2.50 bits per heavy atom. The van der Waals surface area contributed by atoms with Crippen molar-refractivity contribution < 1.29 is 4.74 Å². The lowest BCUT2D eigenvalue weighted by Gasteiger charge is -2.21. The fourth-order valence-corrected chi connectivity index (χ4v) is 2.91. The van der Waals surface area contributed by atoms with Gasteiger partial charge in [-0.05, 0) is 37.1 Å². The van der Waals surface area contributed by atoms with E-state index >= 15 is 0 Å². The summed E-state index contributed by atoms with van der Waals surface area (Å²) in [6.07, 6.45) is 8.34. The van der Waals surface area contributed by atoms with Gasteiger partial charge in [0.1, 0.15) is 11.4 Å². The third kappa shape index (κ3) is 2.50. The van der Waals surface area contributed by atoms with Crippen molar-refractivity contribution in [3.63, 3.8) is 0 Å². The molecule has 1 aromatic heterocycles. The minimum atomic E-state index is 0.512. The Balaban J connectivity index is 1.87. The van der Waals surface area contributed by atoms with Crippen molar-refractivity contribution in [1.82, 2.24) is 9.78 Å². The Bertz CT molecular complexity index is 568. The van der Waals surface area contributed by atoms with E-state index in [1.54, 1.807) is 7.11 Å². The molecule has 1 heterocycles. The van der Waals surface area contributed by atoms with Crippen LogP contribution in [-0.2, 0) is 0 Å². The van der Waals surface area contributed by atoms with E-state index in [2.05, 4.69) is 4.68 Å². The molecule has 4 nitrogen and oxygen atoms in total. The molecule has 106 valence electrons. The summed E-state index contributed by atoms with van der Waals surface area (Å²) in [4.78, 5) is 0. The van der Waals surface area contributed by atoms with Gasteiger partial charge in [-0.3, -0.25) is 4.68 Å². The standard InChI is InChI=1S/C16H21N3O/c1-20-14-9-7-12(8-10-14)16-15(17)11-19(18-16)13-5-3-2-4-6-13/h7-11,13H,2-6,17H2,1H3. The highest BCUT2D eigenvalue weighted by Crippen LogP contribution is 2.32. The zero-order chi connectivity index (χ0) is 13.9. The lowest BCUT2D eigenvalue weighted by atomic mass is 9.96. The summed E-state index contributed by atoms with van der Waals surface area (Å²) in [5.41, 5.74) is 8.80. The number of nitrogens with zero attached hydrogens (tertiary/aromatic N) is 2. The predicted molar refractivity (Wildman–Crippen MR) is 80.7 cm³/mol. The van der Waals surface area contributed by atoms with Gasteiger partial charge in [0.05, 0.1) is 18.8 Å². The molecule has 2 N–H and O–H groups in total. The Hall–Kier alpha value is -1.97. The van der Waals surface area contributed by atoms with Crippen LogP contribution in [0.15, 0.2) is 30.5 Å². The van der Waals surface area contributed by atoms with E-state index in [1.165, 1.54) is 32.1 Å². The van der Waals surface area contributed by atoms with Gasteiger partial charge in [-0.2, -0.15) is 5.10 Å². The van der Waals surface area contributed by atoms with Crippen LogP contribution in [0.4, 0.5) is 5.69 Å². The van der Waals surface area contributed by atoms with Gasteiger partial charge in [-0.25, -0.2) is 0 Å². The van der Waals surface area contributed by atoms with Crippen molar-refractivity contribution in [3.8, 4) is 17.0 Å². The molecular weight excluding hydrogens is 250 g/mol. The molecule has 1 fully saturated rings. The van der Waals surface area contributed by atoms with Gasteiger partial charge < -0.3 is 10.5 Å². The van der Waals surface area contributed by atoms with Crippen LogP contribution < -0.4 is 10.5 Å². The molecule has 0 bridgehead atoms. The van der Waals surface area contributed by atoms with Gasteiger partial charge in [0, 0.05) is 11.8 Å². The molecular formula is C16H21N3O. The van der Waals surface area contributed by atoms with E-state index in [9.17, 15) is 0 Å². The average Bonchev–Trinajstić information content (AvgIpc) is 2.90. The number of ether oxygens (including phenoxy) is 1. The monoisotopic (exact) mass is 271 g/mol. The summed E-state index contributed by atoms with van der Waals surface area (Å²) in [7, 11) is 1.67.